The Balaban J connectivity index is 2.53. The molecule has 1 heterocycles. The quantitative estimate of drug-likeness (QED) is 0.345. The van der Waals surface area contributed by atoms with Gasteiger partial charge in [0.25, 0.3) is 6.29 Å². The summed E-state index contributed by atoms with van der Waals surface area (Å²) in [4.78, 5) is 0. The predicted molar refractivity (Wildman–Crippen MR) is 29.2 cm³/mol. The van der Waals surface area contributed by atoms with Gasteiger partial charge < -0.3 is 25.2 Å². The van der Waals surface area contributed by atoms with E-state index in [0.717, 1.165) is 0 Å². The first-order chi connectivity index (χ1) is 4.66. The SMILES string of the molecule is OC[C@H]1O[C](O)[C@@H](O)[C@H]1O. The molecule has 5 heteroatoms. The van der Waals surface area contributed by atoms with E-state index in [1.807, 2.05) is 0 Å². The zero-order chi connectivity index (χ0) is 7.72. The number of aliphatic hydroxyl groups excluding tert-OH is 4. The fraction of sp³-hybridized carbons (Fsp3) is 0.800. The molecular weight excluding hydrogens is 140 g/mol. The highest BCUT2D eigenvalue weighted by Gasteiger charge is 2.42. The molecule has 0 aromatic rings. The molecule has 1 rings (SSSR count). The van der Waals surface area contributed by atoms with E-state index in [2.05, 4.69) is 4.74 Å². The van der Waals surface area contributed by atoms with Crippen molar-refractivity contribution < 1.29 is 25.2 Å². The van der Waals surface area contributed by atoms with Gasteiger partial charge in [-0.15, -0.1) is 0 Å². The van der Waals surface area contributed by atoms with Gasteiger partial charge in [0.1, 0.15) is 18.3 Å². The van der Waals surface area contributed by atoms with Crippen LogP contribution in [0.4, 0.5) is 0 Å². The average Bonchev–Trinajstić information content (AvgIpc) is 2.17. The van der Waals surface area contributed by atoms with Gasteiger partial charge in [-0.05, 0) is 0 Å². The second-order valence-corrected chi connectivity index (χ2v) is 2.11. The van der Waals surface area contributed by atoms with Gasteiger partial charge in [0.2, 0.25) is 0 Å². The molecule has 0 amide bonds. The summed E-state index contributed by atoms with van der Waals surface area (Å²) < 4.78 is 4.46. The first-order valence-corrected chi connectivity index (χ1v) is 2.86. The van der Waals surface area contributed by atoms with Gasteiger partial charge in [-0.3, -0.25) is 0 Å². The third kappa shape index (κ3) is 1.14. The van der Waals surface area contributed by atoms with Crippen molar-refractivity contribution in [3.05, 3.63) is 6.29 Å². The molecule has 0 aromatic heterocycles. The van der Waals surface area contributed by atoms with Crippen molar-refractivity contribution in [2.75, 3.05) is 6.61 Å². The average molecular weight is 149 g/mol. The fourth-order valence-corrected chi connectivity index (χ4v) is 0.789. The first kappa shape index (κ1) is 7.90. The van der Waals surface area contributed by atoms with Gasteiger partial charge in [0.05, 0.1) is 6.61 Å². The number of hydrogen-bond donors (Lipinski definition) is 4. The topological polar surface area (TPSA) is 90.2 Å². The second-order valence-electron chi connectivity index (χ2n) is 2.11. The van der Waals surface area contributed by atoms with Gasteiger partial charge in [-0.2, -0.15) is 0 Å². The fourth-order valence-electron chi connectivity index (χ4n) is 0.789. The van der Waals surface area contributed by atoms with E-state index < -0.39 is 31.2 Å². The molecule has 1 aliphatic heterocycles. The van der Waals surface area contributed by atoms with Crippen LogP contribution in [0.2, 0.25) is 0 Å². The minimum Gasteiger partial charge on any atom is -0.394 e. The molecule has 0 saturated carbocycles. The third-order valence-electron chi connectivity index (χ3n) is 1.41. The van der Waals surface area contributed by atoms with Crippen LogP contribution >= 0.6 is 0 Å². The molecule has 59 valence electrons. The van der Waals surface area contributed by atoms with E-state index >= 15 is 0 Å². The van der Waals surface area contributed by atoms with Crippen molar-refractivity contribution in [2.24, 2.45) is 0 Å². The van der Waals surface area contributed by atoms with E-state index in [4.69, 9.17) is 20.4 Å². The van der Waals surface area contributed by atoms with E-state index in [9.17, 15) is 0 Å². The molecule has 10 heavy (non-hydrogen) atoms. The van der Waals surface area contributed by atoms with Crippen LogP contribution < -0.4 is 0 Å². The van der Waals surface area contributed by atoms with Gasteiger partial charge in [-0.25, -0.2) is 0 Å². The van der Waals surface area contributed by atoms with Crippen molar-refractivity contribution in [1.29, 1.82) is 0 Å². The maximum atomic E-state index is 8.91. The van der Waals surface area contributed by atoms with Gasteiger partial charge >= 0.3 is 0 Å². The summed E-state index contributed by atoms with van der Waals surface area (Å²) in [5.74, 6) is 0. The zero-order valence-electron chi connectivity index (χ0n) is 5.14. The minimum atomic E-state index is -1.39. The zero-order valence-corrected chi connectivity index (χ0v) is 5.14. The minimum absolute atomic E-state index is 0.428. The number of ether oxygens (including phenoxy) is 1. The van der Waals surface area contributed by atoms with Crippen LogP contribution in [-0.2, 0) is 4.74 Å². The van der Waals surface area contributed by atoms with Crippen LogP contribution in [0.5, 0.6) is 0 Å². The summed E-state index contributed by atoms with van der Waals surface area (Å²) in [6.45, 7) is -0.428. The Morgan fingerprint density at radius 3 is 2.20 bits per heavy atom. The molecule has 1 saturated heterocycles. The van der Waals surface area contributed by atoms with Gasteiger partial charge in [0.15, 0.2) is 0 Å². The van der Waals surface area contributed by atoms with Crippen molar-refractivity contribution in [3.63, 3.8) is 0 Å². The van der Waals surface area contributed by atoms with Crippen LogP contribution in [0.1, 0.15) is 0 Å². The van der Waals surface area contributed by atoms with E-state index in [0.29, 0.717) is 0 Å². The molecular formula is C5H9O5. The third-order valence-corrected chi connectivity index (χ3v) is 1.41. The summed E-state index contributed by atoms with van der Waals surface area (Å²) in [7, 11) is 0. The summed E-state index contributed by atoms with van der Waals surface area (Å²) >= 11 is 0. The van der Waals surface area contributed by atoms with Crippen LogP contribution in [0.15, 0.2) is 0 Å². The van der Waals surface area contributed by atoms with Crippen molar-refractivity contribution >= 4 is 0 Å². The second kappa shape index (κ2) is 2.81. The standard InChI is InChI=1S/C5H9O5/c6-1-2-3(7)4(8)5(9)10-2/h2-4,6-9H,1H2/t2-,3+,4+/m1/s1. The number of rotatable bonds is 1. The Kier molecular flexibility index (Phi) is 2.22. The Morgan fingerprint density at radius 1 is 1.40 bits per heavy atom. The molecule has 0 aliphatic carbocycles. The van der Waals surface area contributed by atoms with E-state index in [-0.39, 0.29) is 0 Å². The summed E-state index contributed by atoms with van der Waals surface area (Å²) in [5.41, 5.74) is 0. The smallest absolute Gasteiger partial charge is 0.254 e. The van der Waals surface area contributed by atoms with Crippen LogP contribution in [0.25, 0.3) is 0 Å². The summed E-state index contributed by atoms with van der Waals surface area (Å²) in [6.07, 6.45) is -4.16. The normalized spacial score (nSPS) is 42.6. The predicted octanol–water partition coefficient (Wildman–Crippen LogP) is -2.04. The van der Waals surface area contributed by atoms with E-state index in [1.165, 1.54) is 0 Å². The molecule has 0 unspecified atom stereocenters. The Labute approximate surface area is 57.5 Å². The molecule has 0 spiro atoms. The Hall–Kier alpha value is -0.200. The highest BCUT2D eigenvalue weighted by molar-refractivity contribution is 4.94. The first-order valence-electron chi connectivity index (χ1n) is 2.86. The van der Waals surface area contributed by atoms with Crippen LogP contribution in [-0.4, -0.2) is 45.3 Å². The molecule has 1 fully saturated rings. The molecule has 3 atom stereocenters. The maximum Gasteiger partial charge on any atom is 0.254 e. The molecule has 5 nitrogen and oxygen atoms in total. The van der Waals surface area contributed by atoms with Crippen LogP contribution in [0, 0.1) is 6.29 Å². The monoisotopic (exact) mass is 149 g/mol. The van der Waals surface area contributed by atoms with Crippen molar-refractivity contribution in [3.8, 4) is 0 Å². The van der Waals surface area contributed by atoms with Gasteiger partial charge in [0, 0.05) is 0 Å². The molecule has 0 bridgehead atoms. The summed E-state index contributed by atoms with van der Waals surface area (Å²) in [5, 5.41) is 34.8. The Bertz CT molecular complexity index is 117. The Morgan fingerprint density at radius 2 is 2.00 bits per heavy atom. The van der Waals surface area contributed by atoms with Crippen molar-refractivity contribution in [1.82, 2.24) is 0 Å². The van der Waals surface area contributed by atoms with Crippen molar-refractivity contribution in [2.45, 2.75) is 18.3 Å². The molecule has 1 radical (unpaired) electrons. The number of hydrogen-bond acceptors (Lipinski definition) is 5. The highest BCUT2D eigenvalue weighted by Crippen LogP contribution is 2.23. The molecule has 1 aliphatic rings. The van der Waals surface area contributed by atoms with Gasteiger partial charge in [-0.1, -0.05) is 0 Å². The lowest BCUT2D eigenvalue weighted by atomic mass is 10.1. The van der Waals surface area contributed by atoms with E-state index in [1.54, 1.807) is 0 Å². The largest absolute Gasteiger partial charge is 0.394 e. The highest BCUT2D eigenvalue weighted by atomic mass is 16.6. The van der Waals surface area contributed by atoms with Crippen LogP contribution in [0.3, 0.4) is 0 Å². The lowest BCUT2D eigenvalue weighted by Gasteiger charge is -2.09. The summed E-state index contributed by atoms with van der Waals surface area (Å²) in [6, 6.07) is 0. The molecule has 0 aromatic carbocycles. The lowest BCUT2D eigenvalue weighted by Crippen LogP contribution is -2.32. The number of aliphatic hydroxyl groups is 4. The maximum absolute atomic E-state index is 8.91. The molecule has 4 N–H and O–H groups in total. The lowest BCUT2D eigenvalue weighted by molar-refractivity contribution is -0.0439.